The summed E-state index contributed by atoms with van der Waals surface area (Å²) in [6.45, 7) is 3.36. The number of benzene rings is 1. The fourth-order valence-electron chi connectivity index (χ4n) is 2.35. The Balaban J connectivity index is 2.14. The summed E-state index contributed by atoms with van der Waals surface area (Å²) < 4.78 is 43.9. The highest BCUT2D eigenvalue weighted by Gasteiger charge is 2.33. The van der Waals surface area contributed by atoms with E-state index in [4.69, 9.17) is 4.74 Å². The van der Waals surface area contributed by atoms with Gasteiger partial charge in [-0.05, 0) is 32.0 Å². The summed E-state index contributed by atoms with van der Waals surface area (Å²) in [6.07, 6.45) is -4.60. The Morgan fingerprint density at radius 2 is 2.00 bits per heavy atom. The lowest BCUT2D eigenvalue weighted by Gasteiger charge is -2.13. The summed E-state index contributed by atoms with van der Waals surface area (Å²) in [5.41, 5.74) is -0.798. The van der Waals surface area contributed by atoms with Crippen LogP contribution in [0.3, 0.4) is 0 Å². The van der Waals surface area contributed by atoms with Gasteiger partial charge in [-0.3, -0.25) is 4.79 Å². The Kier molecular flexibility index (Phi) is 7.23. The molecule has 0 fully saturated rings. The predicted molar refractivity (Wildman–Crippen MR) is 100 cm³/mol. The molecule has 29 heavy (non-hydrogen) atoms. The molecule has 0 spiro atoms. The predicted octanol–water partition coefficient (Wildman–Crippen LogP) is 4.19. The molecule has 0 aliphatic rings. The van der Waals surface area contributed by atoms with E-state index in [0.29, 0.717) is 5.69 Å². The molecule has 0 atom stereocenters. The molecule has 0 saturated carbocycles. The van der Waals surface area contributed by atoms with Crippen molar-refractivity contribution in [1.82, 2.24) is 4.98 Å². The summed E-state index contributed by atoms with van der Waals surface area (Å²) in [6, 6.07) is 7.84. The molecule has 0 aliphatic heterocycles. The maximum atomic E-state index is 13.0. The van der Waals surface area contributed by atoms with Crippen molar-refractivity contribution in [3.8, 4) is 6.07 Å². The van der Waals surface area contributed by atoms with Crippen molar-refractivity contribution >= 4 is 29.3 Å². The van der Waals surface area contributed by atoms with Crippen LogP contribution in [0.15, 0.2) is 35.4 Å². The summed E-state index contributed by atoms with van der Waals surface area (Å²) in [5.74, 6) is -1.58. The van der Waals surface area contributed by atoms with Gasteiger partial charge in [0.25, 0.3) is 0 Å². The van der Waals surface area contributed by atoms with Crippen LogP contribution in [0.5, 0.6) is 0 Å². The number of thioether (sulfide) groups is 1. The lowest BCUT2D eigenvalue weighted by molar-refractivity contribution is -0.137. The third-order valence-electron chi connectivity index (χ3n) is 3.64. The fraction of sp³-hybridized carbons (Fsp3) is 0.263. The SMILES string of the molecule is CCOC(=O)c1cc(C#N)c(SCC(=O)Nc2ccccc2C(F)(F)F)nc1C. The molecule has 2 rings (SSSR count). The molecule has 6 nitrogen and oxygen atoms in total. The first-order valence-electron chi connectivity index (χ1n) is 8.35. The normalized spacial score (nSPS) is 10.9. The van der Waals surface area contributed by atoms with Crippen LogP contribution in [0.1, 0.15) is 34.1 Å². The number of nitriles is 1. The molecule has 0 radical (unpaired) electrons. The smallest absolute Gasteiger partial charge is 0.418 e. The van der Waals surface area contributed by atoms with Crippen molar-refractivity contribution in [2.24, 2.45) is 0 Å². The van der Waals surface area contributed by atoms with Crippen LogP contribution < -0.4 is 5.32 Å². The van der Waals surface area contributed by atoms with E-state index in [-0.39, 0.29) is 34.2 Å². The van der Waals surface area contributed by atoms with E-state index in [2.05, 4.69) is 10.3 Å². The van der Waals surface area contributed by atoms with E-state index in [1.807, 2.05) is 6.07 Å². The van der Waals surface area contributed by atoms with Crippen molar-refractivity contribution in [1.29, 1.82) is 5.26 Å². The molecular formula is C19H16F3N3O3S. The average Bonchev–Trinajstić information content (AvgIpc) is 2.66. The number of amides is 1. The van der Waals surface area contributed by atoms with E-state index in [1.54, 1.807) is 13.8 Å². The number of nitrogens with zero attached hydrogens (tertiary/aromatic N) is 2. The minimum Gasteiger partial charge on any atom is -0.462 e. The number of rotatable bonds is 6. The van der Waals surface area contributed by atoms with Crippen LogP contribution in [-0.4, -0.2) is 29.2 Å². The number of hydrogen-bond acceptors (Lipinski definition) is 6. The van der Waals surface area contributed by atoms with Crippen LogP contribution in [0.4, 0.5) is 18.9 Å². The molecular weight excluding hydrogens is 407 g/mol. The van der Waals surface area contributed by atoms with Crippen LogP contribution in [0.2, 0.25) is 0 Å². The van der Waals surface area contributed by atoms with Gasteiger partial charge in [0.15, 0.2) is 0 Å². The highest BCUT2D eigenvalue weighted by Crippen LogP contribution is 2.34. The second-order valence-corrected chi connectivity index (χ2v) is 6.65. The third kappa shape index (κ3) is 5.71. The third-order valence-corrected chi connectivity index (χ3v) is 4.63. The van der Waals surface area contributed by atoms with Gasteiger partial charge in [0.1, 0.15) is 11.1 Å². The zero-order chi connectivity index (χ0) is 21.6. The first kappa shape index (κ1) is 22.2. The van der Waals surface area contributed by atoms with Gasteiger partial charge in [0, 0.05) is 0 Å². The van der Waals surface area contributed by atoms with Crippen LogP contribution >= 0.6 is 11.8 Å². The minimum absolute atomic E-state index is 0.0622. The molecule has 10 heteroatoms. The number of esters is 1. The molecule has 0 aliphatic carbocycles. The number of aryl methyl sites for hydroxylation is 1. The summed E-state index contributed by atoms with van der Waals surface area (Å²) in [5, 5.41) is 11.7. The number of anilines is 1. The van der Waals surface area contributed by atoms with E-state index in [9.17, 15) is 28.0 Å². The average molecular weight is 423 g/mol. The number of nitrogens with one attached hydrogen (secondary N) is 1. The summed E-state index contributed by atoms with van der Waals surface area (Å²) in [4.78, 5) is 28.2. The summed E-state index contributed by atoms with van der Waals surface area (Å²) >= 11 is 0.881. The highest BCUT2D eigenvalue weighted by atomic mass is 32.2. The monoisotopic (exact) mass is 423 g/mol. The van der Waals surface area contributed by atoms with E-state index >= 15 is 0 Å². The summed E-state index contributed by atoms with van der Waals surface area (Å²) in [7, 11) is 0. The van der Waals surface area contributed by atoms with Crippen molar-refractivity contribution in [3.63, 3.8) is 0 Å². The van der Waals surface area contributed by atoms with Crippen LogP contribution in [0, 0.1) is 18.3 Å². The lowest BCUT2D eigenvalue weighted by atomic mass is 10.1. The molecule has 1 N–H and O–H groups in total. The first-order valence-corrected chi connectivity index (χ1v) is 9.33. The van der Waals surface area contributed by atoms with E-state index in [1.165, 1.54) is 18.2 Å². The number of aromatic nitrogens is 1. The van der Waals surface area contributed by atoms with E-state index < -0.39 is 23.6 Å². The van der Waals surface area contributed by atoms with Gasteiger partial charge in [0.2, 0.25) is 5.91 Å². The van der Waals surface area contributed by atoms with Gasteiger partial charge in [-0.25, -0.2) is 9.78 Å². The van der Waals surface area contributed by atoms with E-state index in [0.717, 1.165) is 23.9 Å². The zero-order valence-electron chi connectivity index (χ0n) is 15.5. The van der Waals surface area contributed by atoms with Crippen molar-refractivity contribution in [2.45, 2.75) is 25.0 Å². The molecule has 1 heterocycles. The zero-order valence-corrected chi connectivity index (χ0v) is 16.3. The number of para-hydroxylation sites is 1. The second-order valence-electron chi connectivity index (χ2n) is 5.69. The van der Waals surface area contributed by atoms with Crippen molar-refractivity contribution in [3.05, 3.63) is 52.7 Å². The molecule has 0 bridgehead atoms. The number of pyridine rings is 1. The quantitative estimate of drug-likeness (QED) is 0.553. The van der Waals surface area contributed by atoms with Gasteiger partial charge in [-0.1, -0.05) is 23.9 Å². The number of carbonyl (C=O) groups excluding carboxylic acids is 2. The minimum atomic E-state index is -4.60. The Morgan fingerprint density at radius 3 is 2.62 bits per heavy atom. The molecule has 1 aromatic heterocycles. The lowest BCUT2D eigenvalue weighted by Crippen LogP contribution is -2.18. The number of ether oxygens (including phenoxy) is 1. The molecule has 1 amide bonds. The number of hydrogen-bond donors (Lipinski definition) is 1. The number of halogens is 3. The standard InChI is InChI=1S/C19H16F3N3O3S/c1-3-28-18(27)13-8-12(9-23)17(24-11(13)2)29-10-16(26)25-15-7-5-4-6-14(15)19(20,21)22/h4-8H,3,10H2,1-2H3,(H,25,26). The Hall–Kier alpha value is -3.06. The topological polar surface area (TPSA) is 92.1 Å². The Bertz CT molecular complexity index is 971. The maximum Gasteiger partial charge on any atom is 0.418 e. The van der Waals surface area contributed by atoms with Gasteiger partial charge in [-0.2, -0.15) is 18.4 Å². The highest BCUT2D eigenvalue weighted by molar-refractivity contribution is 8.00. The van der Waals surface area contributed by atoms with Crippen LogP contribution in [-0.2, 0) is 15.7 Å². The molecule has 2 aromatic rings. The van der Waals surface area contributed by atoms with Gasteiger partial charge >= 0.3 is 12.1 Å². The molecule has 152 valence electrons. The molecule has 0 saturated heterocycles. The fourth-order valence-corrected chi connectivity index (χ4v) is 3.15. The molecule has 0 unspecified atom stereocenters. The Labute approximate surface area is 169 Å². The van der Waals surface area contributed by atoms with Gasteiger partial charge in [-0.15, -0.1) is 0 Å². The van der Waals surface area contributed by atoms with Crippen LogP contribution in [0.25, 0.3) is 0 Å². The van der Waals surface area contributed by atoms with Gasteiger partial charge in [0.05, 0.1) is 40.4 Å². The van der Waals surface area contributed by atoms with Crippen molar-refractivity contribution in [2.75, 3.05) is 17.7 Å². The first-order chi connectivity index (χ1) is 13.7. The number of carbonyl (C=O) groups is 2. The Morgan fingerprint density at radius 1 is 1.31 bits per heavy atom. The largest absolute Gasteiger partial charge is 0.462 e. The second kappa shape index (κ2) is 9.43. The van der Waals surface area contributed by atoms with Gasteiger partial charge < -0.3 is 10.1 Å². The van der Waals surface area contributed by atoms with Crippen molar-refractivity contribution < 1.29 is 27.5 Å². The maximum absolute atomic E-state index is 13.0. The molecule has 1 aromatic carbocycles. The number of alkyl halides is 3.